The molecule has 1 heterocycles. The molecule has 0 spiro atoms. The summed E-state index contributed by atoms with van der Waals surface area (Å²) < 4.78 is 0.888. The number of phenolic OH excluding ortho intramolecular Hbond substituents is 1. The number of phenols is 1. The van der Waals surface area contributed by atoms with Crippen LogP contribution in [0, 0.1) is 27.2 Å². The third-order valence-corrected chi connectivity index (χ3v) is 2.83. The first-order valence-electron chi connectivity index (χ1n) is 6.24. The van der Waals surface area contributed by atoms with Crippen molar-refractivity contribution in [1.29, 1.82) is 0 Å². The van der Waals surface area contributed by atoms with Gasteiger partial charge in [0.05, 0.1) is 22.4 Å². The van der Waals surface area contributed by atoms with Crippen molar-refractivity contribution in [2.24, 2.45) is 0 Å². The van der Waals surface area contributed by atoms with E-state index in [0.717, 1.165) is 22.9 Å². The number of aryl methyl sites for hydroxylation is 1. The summed E-state index contributed by atoms with van der Waals surface area (Å²) in [7, 11) is 0. The number of hydrogen-bond acceptors (Lipinski definition) is 7. The van der Waals surface area contributed by atoms with Crippen LogP contribution < -0.4 is 5.32 Å². The molecule has 11 nitrogen and oxygen atoms in total. The van der Waals surface area contributed by atoms with Crippen LogP contribution in [0.15, 0.2) is 24.3 Å². The van der Waals surface area contributed by atoms with Crippen molar-refractivity contribution in [2.45, 2.75) is 13.5 Å². The molecule has 23 heavy (non-hydrogen) atoms. The van der Waals surface area contributed by atoms with E-state index >= 15 is 0 Å². The van der Waals surface area contributed by atoms with Crippen molar-refractivity contribution in [2.75, 3.05) is 5.32 Å². The Labute approximate surface area is 128 Å². The highest BCUT2D eigenvalue weighted by Crippen LogP contribution is 2.27. The second kappa shape index (κ2) is 6.09. The Bertz CT molecular complexity index is 799. The van der Waals surface area contributed by atoms with Crippen molar-refractivity contribution in [3.8, 4) is 5.75 Å². The van der Waals surface area contributed by atoms with E-state index < -0.39 is 22.3 Å². The third kappa shape index (κ3) is 3.58. The molecule has 0 saturated heterocycles. The van der Waals surface area contributed by atoms with E-state index in [-0.39, 0.29) is 22.9 Å². The molecule has 2 N–H and O–H groups in total. The molecule has 0 atom stereocenters. The lowest BCUT2D eigenvalue weighted by Gasteiger charge is -2.06. The molecule has 0 aliphatic carbocycles. The Morgan fingerprint density at radius 2 is 2.00 bits per heavy atom. The average Bonchev–Trinajstić information content (AvgIpc) is 2.81. The van der Waals surface area contributed by atoms with Gasteiger partial charge in [-0.05, 0) is 17.9 Å². The first-order chi connectivity index (χ1) is 10.8. The predicted molar refractivity (Wildman–Crippen MR) is 77.0 cm³/mol. The molecular weight excluding hydrogens is 310 g/mol. The Hall–Kier alpha value is -3.50. The van der Waals surface area contributed by atoms with Gasteiger partial charge in [-0.1, -0.05) is 5.10 Å². The molecule has 0 aliphatic heterocycles. The first kappa shape index (κ1) is 15.9. The lowest BCUT2D eigenvalue weighted by molar-refractivity contribution is -0.392. The van der Waals surface area contributed by atoms with Crippen LogP contribution in [-0.2, 0) is 11.3 Å². The Morgan fingerprint density at radius 3 is 2.61 bits per heavy atom. The smallest absolute Gasteiger partial charge is 0.345 e. The number of aromatic hydroxyl groups is 1. The van der Waals surface area contributed by atoms with Crippen LogP contribution in [0.4, 0.5) is 17.2 Å². The van der Waals surface area contributed by atoms with Crippen LogP contribution in [0.2, 0.25) is 0 Å². The molecule has 0 fully saturated rings. The second-order valence-electron chi connectivity index (χ2n) is 4.57. The average molecular weight is 321 g/mol. The maximum atomic E-state index is 11.9. The van der Waals surface area contributed by atoms with E-state index in [2.05, 4.69) is 10.4 Å². The molecule has 11 heteroatoms. The second-order valence-corrected chi connectivity index (χ2v) is 4.57. The number of carbonyl (C=O) groups is 1. The highest BCUT2D eigenvalue weighted by atomic mass is 16.6. The standard InChI is InChI=1S/C12H11N5O6/c1-7-4-12(17(22)23)15(14-7)6-11(19)13-9-5-8(16(20)21)2-3-10(9)18/h2-5,18H,6H2,1H3,(H,13,19). The van der Waals surface area contributed by atoms with Gasteiger partial charge in [-0.15, -0.1) is 4.68 Å². The number of nitrogens with zero attached hydrogens (tertiary/aromatic N) is 4. The lowest BCUT2D eigenvalue weighted by Crippen LogP contribution is -2.20. The van der Waals surface area contributed by atoms with Crippen molar-refractivity contribution in [1.82, 2.24) is 9.78 Å². The summed E-state index contributed by atoms with van der Waals surface area (Å²) in [5.74, 6) is -1.46. The summed E-state index contributed by atoms with van der Waals surface area (Å²) in [5.41, 5.74) is -0.127. The molecular formula is C12H11N5O6. The normalized spacial score (nSPS) is 10.3. The summed E-state index contributed by atoms with van der Waals surface area (Å²) in [4.78, 5) is 32.1. The topological polar surface area (TPSA) is 153 Å². The number of nitro benzene ring substituents is 1. The van der Waals surface area contributed by atoms with Crippen LogP contribution in [0.1, 0.15) is 5.69 Å². The number of nitrogens with one attached hydrogen (secondary N) is 1. The Kier molecular flexibility index (Phi) is 4.21. The third-order valence-electron chi connectivity index (χ3n) is 2.83. The lowest BCUT2D eigenvalue weighted by atomic mass is 10.2. The quantitative estimate of drug-likeness (QED) is 0.478. The van der Waals surface area contributed by atoms with E-state index in [9.17, 15) is 30.1 Å². The van der Waals surface area contributed by atoms with Gasteiger partial charge in [0.1, 0.15) is 5.75 Å². The number of aromatic nitrogens is 2. The predicted octanol–water partition coefficient (Wildman–Crippen LogP) is 1.35. The molecule has 0 unspecified atom stereocenters. The minimum atomic E-state index is -0.730. The summed E-state index contributed by atoms with van der Waals surface area (Å²) in [6, 6.07) is 4.33. The highest BCUT2D eigenvalue weighted by molar-refractivity contribution is 5.92. The molecule has 0 bridgehead atoms. The van der Waals surface area contributed by atoms with E-state index in [1.807, 2.05) is 0 Å². The minimum Gasteiger partial charge on any atom is -0.506 e. The van der Waals surface area contributed by atoms with Crippen LogP contribution in [0.25, 0.3) is 0 Å². The van der Waals surface area contributed by atoms with Gasteiger partial charge in [0.15, 0.2) is 6.54 Å². The number of non-ortho nitro benzene ring substituents is 1. The molecule has 1 amide bonds. The van der Waals surface area contributed by atoms with Crippen LogP contribution in [-0.4, -0.2) is 30.6 Å². The highest BCUT2D eigenvalue weighted by Gasteiger charge is 2.20. The number of carbonyl (C=O) groups excluding carboxylic acids is 1. The van der Waals surface area contributed by atoms with Crippen molar-refractivity contribution in [3.05, 3.63) is 50.2 Å². The number of amides is 1. The van der Waals surface area contributed by atoms with Crippen LogP contribution >= 0.6 is 0 Å². The van der Waals surface area contributed by atoms with Crippen molar-refractivity contribution >= 4 is 23.1 Å². The van der Waals surface area contributed by atoms with E-state index in [0.29, 0.717) is 5.69 Å². The Morgan fingerprint density at radius 1 is 1.30 bits per heavy atom. The fourth-order valence-corrected chi connectivity index (χ4v) is 1.86. The van der Waals surface area contributed by atoms with Gasteiger partial charge in [-0.25, -0.2) is 0 Å². The summed E-state index contributed by atoms with van der Waals surface area (Å²) in [6.45, 7) is 1.06. The zero-order valence-corrected chi connectivity index (χ0v) is 11.8. The molecule has 2 aromatic rings. The van der Waals surface area contributed by atoms with Gasteiger partial charge in [0.25, 0.3) is 11.6 Å². The van der Waals surface area contributed by atoms with E-state index in [1.165, 1.54) is 13.0 Å². The SMILES string of the molecule is Cc1cc([N+](=O)[O-])n(CC(=O)Nc2cc([N+](=O)[O-])ccc2O)n1. The zero-order valence-electron chi connectivity index (χ0n) is 11.8. The maximum absolute atomic E-state index is 11.9. The van der Waals surface area contributed by atoms with E-state index in [4.69, 9.17) is 0 Å². The first-order valence-corrected chi connectivity index (χ1v) is 6.24. The summed E-state index contributed by atoms with van der Waals surface area (Å²) in [5, 5.41) is 37.2. The van der Waals surface area contributed by atoms with Gasteiger partial charge in [0.2, 0.25) is 0 Å². The fraction of sp³-hybridized carbons (Fsp3) is 0.167. The van der Waals surface area contributed by atoms with Crippen molar-refractivity contribution in [3.63, 3.8) is 0 Å². The van der Waals surface area contributed by atoms with E-state index in [1.54, 1.807) is 0 Å². The molecule has 120 valence electrons. The van der Waals surface area contributed by atoms with Gasteiger partial charge < -0.3 is 20.5 Å². The fourth-order valence-electron chi connectivity index (χ4n) is 1.86. The monoisotopic (exact) mass is 321 g/mol. The van der Waals surface area contributed by atoms with Gasteiger partial charge in [-0.3, -0.25) is 14.9 Å². The van der Waals surface area contributed by atoms with Gasteiger partial charge in [-0.2, -0.15) is 0 Å². The number of hydrogen-bond donors (Lipinski definition) is 2. The van der Waals surface area contributed by atoms with Gasteiger partial charge in [0, 0.05) is 12.1 Å². The molecule has 1 aromatic carbocycles. The Balaban J connectivity index is 2.19. The molecule has 0 saturated carbocycles. The number of anilines is 1. The number of rotatable bonds is 5. The van der Waals surface area contributed by atoms with Gasteiger partial charge >= 0.3 is 5.82 Å². The molecule has 0 radical (unpaired) electrons. The number of nitro groups is 2. The largest absolute Gasteiger partial charge is 0.506 e. The summed E-state index contributed by atoms with van der Waals surface area (Å²) >= 11 is 0. The number of benzene rings is 1. The minimum absolute atomic E-state index is 0.171. The van der Waals surface area contributed by atoms with Crippen LogP contribution in [0.5, 0.6) is 5.75 Å². The zero-order chi connectivity index (χ0) is 17.1. The maximum Gasteiger partial charge on any atom is 0.345 e. The van der Waals surface area contributed by atoms with Crippen molar-refractivity contribution < 1.29 is 19.7 Å². The molecule has 0 aliphatic rings. The molecule has 1 aromatic heterocycles. The molecule has 2 rings (SSSR count). The van der Waals surface area contributed by atoms with Crippen LogP contribution in [0.3, 0.4) is 0 Å². The summed E-state index contributed by atoms with van der Waals surface area (Å²) in [6.07, 6.45) is 0.